The lowest BCUT2D eigenvalue weighted by Crippen LogP contribution is -2.21. The third kappa shape index (κ3) is 6.38. The molecule has 2 rings (SSSR count). The van der Waals surface area contributed by atoms with Gasteiger partial charge in [-0.1, -0.05) is 44.0 Å². The molecule has 0 bridgehead atoms. The maximum Gasteiger partial charge on any atom is 0.123 e. The lowest BCUT2D eigenvalue weighted by atomic mass is 10.1. The Balaban J connectivity index is 1.84. The Bertz CT molecular complexity index is 575. The molecule has 0 fully saturated rings. The van der Waals surface area contributed by atoms with E-state index in [-0.39, 0.29) is 5.82 Å². The van der Waals surface area contributed by atoms with Gasteiger partial charge in [-0.3, -0.25) is 0 Å². The van der Waals surface area contributed by atoms with Crippen LogP contribution in [-0.2, 0) is 17.9 Å². The van der Waals surface area contributed by atoms with E-state index in [0.29, 0.717) is 13.2 Å². The number of benzene rings is 2. The molecule has 2 aromatic rings. The fraction of sp³-hybridized carbons (Fsp3) is 0.368. The first-order valence-electron chi connectivity index (χ1n) is 8.18. The van der Waals surface area contributed by atoms with Crippen LogP contribution in [0.2, 0.25) is 0 Å². The number of hydrogen-bond donors (Lipinski definition) is 2. The van der Waals surface area contributed by atoms with Crippen molar-refractivity contribution >= 4 is 5.69 Å². The maximum absolute atomic E-state index is 13.5. The summed E-state index contributed by atoms with van der Waals surface area (Å²) in [5.74, 6) is -0.225. The number of rotatable bonds is 10. The number of ether oxygens (including phenoxy) is 1. The summed E-state index contributed by atoms with van der Waals surface area (Å²) in [6.45, 7) is 3.93. The SMILES string of the molecule is CCCCCOCc1cc(F)ccc1CNNc1ccccc1. The van der Waals surface area contributed by atoms with Gasteiger partial charge in [0.15, 0.2) is 0 Å². The molecule has 0 aliphatic heterocycles. The Morgan fingerprint density at radius 3 is 2.61 bits per heavy atom. The van der Waals surface area contributed by atoms with Gasteiger partial charge < -0.3 is 10.2 Å². The highest BCUT2D eigenvalue weighted by Crippen LogP contribution is 2.13. The van der Waals surface area contributed by atoms with E-state index in [0.717, 1.165) is 29.8 Å². The summed E-state index contributed by atoms with van der Waals surface area (Å²) >= 11 is 0. The molecular weight excluding hydrogens is 291 g/mol. The fourth-order valence-electron chi connectivity index (χ4n) is 2.30. The average molecular weight is 316 g/mol. The van der Waals surface area contributed by atoms with E-state index in [1.54, 1.807) is 12.1 Å². The van der Waals surface area contributed by atoms with E-state index in [1.807, 2.05) is 30.3 Å². The molecule has 2 N–H and O–H groups in total. The number of halogens is 1. The van der Waals surface area contributed by atoms with Gasteiger partial charge in [0.25, 0.3) is 0 Å². The van der Waals surface area contributed by atoms with Crippen molar-refractivity contribution in [1.29, 1.82) is 0 Å². The minimum Gasteiger partial charge on any atom is -0.377 e. The Hall–Kier alpha value is -1.91. The van der Waals surface area contributed by atoms with Crippen LogP contribution in [0.3, 0.4) is 0 Å². The standard InChI is InChI=1S/C19H25FN2O/c1-2-3-7-12-23-15-17-13-18(20)11-10-16(17)14-21-22-19-8-5-4-6-9-19/h4-6,8-11,13,21-22H,2-3,7,12,14-15H2,1H3. The van der Waals surface area contributed by atoms with Gasteiger partial charge in [0, 0.05) is 18.8 Å². The second-order valence-corrected chi connectivity index (χ2v) is 5.52. The highest BCUT2D eigenvalue weighted by molar-refractivity contribution is 5.41. The van der Waals surface area contributed by atoms with Gasteiger partial charge in [0.1, 0.15) is 5.82 Å². The molecule has 0 unspecified atom stereocenters. The van der Waals surface area contributed by atoms with E-state index in [4.69, 9.17) is 4.74 Å². The lowest BCUT2D eigenvalue weighted by Gasteiger charge is -2.13. The molecule has 0 amide bonds. The maximum atomic E-state index is 13.5. The molecule has 3 nitrogen and oxygen atoms in total. The number of para-hydroxylation sites is 1. The number of hydrazine groups is 1. The van der Waals surface area contributed by atoms with Crippen LogP contribution < -0.4 is 10.9 Å². The normalized spacial score (nSPS) is 10.7. The van der Waals surface area contributed by atoms with Crippen LogP contribution in [0, 0.1) is 5.82 Å². The molecule has 124 valence electrons. The van der Waals surface area contributed by atoms with E-state index < -0.39 is 0 Å². The molecule has 0 radical (unpaired) electrons. The zero-order valence-electron chi connectivity index (χ0n) is 13.6. The summed E-state index contributed by atoms with van der Waals surface area (Å²) in [5.41, 5.74) is 9.21. The van der Waals surface area contributed by atoms with E-state index in [9.17, 15) is 4.39 Å². The van der Waals surface area contributed by atoms with Gasteiger partial charge in [0.05, 0.1) is 6.61 Å². The second kappa shape index (κ2) is 9.98. The Kier molecular flexibility index (Phi) is 7.57. The van der Waals surface area contributed by atoms with Crippen LogP contribution in [0.15, 0.2) is 48.5 Å². The quantitative estimate of drug-likeness (QED) is 0.494. The van der Waals surface area contributed by atoms with Crippen molar-refractivity contribution in [2.24, 2.45) is 0 Å². The average Bonchev–Trinajstić information content (AvgIpc) is 2.57. The zero-order chi connectivity index (χ0) is 16.3. The topological polar surface area (TPSA) is 33.3 Å². The molecule has 0 aliphatic rings. The molecule has 0 saturated heterocycles. The molecule has 0 atom stereocenters. The summed E-state index contributed by atoms with van der Waals surface area (Å²) in [7, 11) is 0. The van der Waals surface area contributed by atoms with Crippen molar-refractivity contribution in [1.82, 2.24) is 5.43 Å². The van der Waals surface area contributed by atoms with Gasteiger partial charge in [-0.05, 0) is 41.8 Å². The Morgan fingerprint density at radius 2 is 1.83 bits per heavy atom. The molecule has 0 aliphatic carbocycles. The van der Waals surface area contributed by atoms with Gasteiger partial charge in [-0.15, -0.1) is 0 Å². The number of anilines is 1. The van der Waals surface area contributed by atoms with E-state index in [2.05, 4.69) is 17.8 Å². The van der Waals surface area contributed by atoms with Crippen molar-refractivity contribution in [3.8, 4) is 0 Å². The summed E-state index contributed by atoms with van der Waals surface area (Å²) in [6.07, 6.45) is 3.39. The minimum atomic E-state index is -0.225. The van der Waals surface area contributed by atoms with Crippen molar-refractivity contribution in [2.45, 2.75) is 39.3 Å². The molecule has 2 aromatic carbocycles. The number of nitrogens with one attached hydrogen (secondary N) is 2. The van der Waals surface area contributed by atoms with Crippen molar-refractivity contribution in [3.05, 3.63) is 65.5 Å². The van der Waals surface area contributed by atoms with Crippen molar-refractivity contribution in [2.75, 3.05) is 12.0 Å². The molecule has 4 heteroatoms. The van der Waals surface area contributed by atoms with Crippen LogP contribution >= 0.6 is 0 Å². The molecular formula is C19H25FN2O. The third-order valence-electron chi connectivity index (χ3n) is 3.60. The first kappa shape index (κ1) is 17.4. The summed E-state index contributed by atoms with van der Waals surface area (Å²) in [5, 5.41) is 0. The minimum absolute atomic E-state index is 0.225. The van der Waals surface area contributed by atoms with Gasteiger partial charge in [-0.25, -0.2) is 9.82 Å². The Morgan fingerprint density at radius 1 is 1.00 bits per heavy atom. The second-order valence-electron chi connectivity index (χ2n) is 5.52. The van der Waals surface area contributed by atoms with Crippen LogP contribution in [0.25, 0.3) is 0 Å². The van der Waals surface area contributed by atoms with Gasteiger partial charge >= 0.3 is 0 Å². The third-order valence-corrected chi connectivity index (χ3v) is 3.60. The molecule has 0 heterocycles. The van der Waals surface area contributed by atoms with Crippen LogP contribution in [-0.4, -0.2) is 6.61 Å². The number of hydrogen-bond acceptors (Lipinski definition) is 3. The fourth-order valence-corrected chi connectivity index (χ4v) is 2.30. The van der Waals surface area contributed by atoms with Crippen molar-refractivity contribution in [3.63, 3.8) is 0 Å². The molecule has 23 heavy (non-hydrogen) atoms. The monoisotopic (exact) mass is 316 g/mol. The van der Waals surface area contributed by atoms with Crippen LogP contribution in [0.5, 0.6) is 0 Å². The summed E-state index contributed by atoms with van der Waals surface area (Å²) in [4.78, 5) is 0. The summed E-state index contributed by atoms with van der Waals surface area (Å²) < 4.78 is 19.1. The smallest absolute Gasteiger partial charge is 0.123 e. The largest absolute Gasteiger partial charge is 0.377 e. The van der Waals surface area contributed by atoms with Crippen molar-refractivity contribution < 1.29 is 9.13 Å². The predicted molar refractivity (Wildman–Crippen MR) is 92.5 cm³/mol. The lowest BCUT2D eigenvalue weighted by molar-refractivity contribution is 0.116. The highest BCUT2D eigenvalue weighted by Gasteiger charge is 2.05. The van der Waals surface area contributed by atoms with E-state index >= 15 is 0 Å². The first-order chi connectivity index (χ1) is 11.3. The molecule has 0 saturated carbocycles. The van der Waals surface area contributed by atoms with Gasteiger partial charge in [0.2, 0.25) is 0 Å². The van der Waals surface area contributed by atoms with Crippen LogP contribution in [0.1, 0.15) is 37.3 Å². The van der Waals surface area contributed by atoms with Crippen LogP contribution in [0.4, 0.5) is 10.1 Å². The Labute approximate surface area is 137 Å². The molecule has 0 aromatic heterocycles. The highest BCUT2D eigenvalue weighted by atomic mass is 19.1. The molecule has 0 spiro atoms. The predicted octanol–water partition coefficient (Wildman–Crippen LogP) is 4.65. The first-order valence-corrected chi connectivity index (χ1v) is 8.18. The number of unbranched alkanes of at least 4 members (excludes halogenated alkanes) is 2. The zero-order valence-corrected chi connectivity index (χ0v) is 13.6. The summed E-state index contributed by atoms with van der Waals surface area (Å²) in [6, 6.07) is 14.7. The van der Waals surface area contributed by atoms with E-state index in [1.165, 1.54) is 18.9 Å². The van der Waals surface area contributed by atoms with Gasteiger partial charge in [-0.2, -0.15) is 0 Å².